The van der Waals surface area contributed by atoms with Crippen LogP contribution >= 0.6 is 0 Å². The molecule has 1 aliphatic rings. The number of aryl methyl sites for hydroxylation is 2. The summed E-state index contributed by atoms with van der Waals surface area (Å²) in [6.45, 7) is 5.79. The first-order valence-electron chi connectivity index (χ1n) is 12.2. The SMILES string of the molecule is Cc1cccc(C)c1-c1cc(OCC(N)CC2CCCOC2)nc(NS(=O)c2cccc(C(=O)O)c2)n1. The monoisotopic (exact) mass is 524 g/mol. The van der Waals surface area contributed by atoms with Crippen molar-refractivity contribution in [3.05, 3.63) is 65.2 Å². The maximum atomic E-state index is 13.0. The predicted octanol–water partition coefficient (Wildman–Crippen LogP) is 4.12. The van der Waals surface area contributed by atoms with Crippen molar-refractivity contribution >= 4 is 22.9 Å². The number of ether oxygens (including phenoxy) is 2. The van der Waals surface area contributed by atoms with Crippen LogP contribution in [0.1, 0.15) is 40.7 Å². The van der Waals surface area contributed by atoms with Gasteiger partial charge in [0.05, 0.1) is 16.2 Å². The smallest absolute Gasteiger partial charge is 0.335 e. The number of carboxylic acids is 1. The molecule has 0 aliphatic carbocycles. The summed E-state index contributed by atoms with van der Waals surface area (Å²) < 4.78 is 27.4. The number of hydrogen-bond acceptors (Lipinski definition) is 7. The van der Waals surface area contributed by atoms with E-state index >= 15 is 0 Å². The van der Waals surface area contributed by atoms with Crippen LogP contribution in [-0.2, 0) is 15.7 Å². The maximum Gasteiger partial charge on any atom is 0.335 e. The molecule has 1 saturated heterocycles. The molecule has 37 heavy (non-hydrogen) atoms. The summed E-state index contributed by atoms with van der Waals surface area (Å²) in [7, 11) is -1.80. The summed E-state index contributed by atoms with van der Waals surface area (Å²) in [6, 6.07) is 13.5. The first kappa shape index (κ1) is 26.7. The number of aromatic carboxylic acids is 1. The highest BCUT2D eigenvalue weighted by Crippen LogP contribution is 2.29. The van der Waals surface area contributed by atoms with E-state index in [-0.39, 0.29) is 24.2 Å². The highest BCUT2D eigenvalue weighted by atomic mass is 32.2. The second-order valence-electron chi connectivity index (χ2n) is 9.28. The lowest BCUT2D eigenvalue weighted by Gasteiger charge is -2.24. The molecule has 9 nitrogen and oxygen atoms in total. The number of benzene rings is 2. The first-order valence-corrected chi connectivity index (χ1v) is 13.4. The Labute approximate surface area is 219 Å². The number of carboxylic acid groups (broad SMARTS) is 1. The highest BCUT2D eigenvalue weighted by molar-refractivity contribution is 7.86. The molecular formula is C27H32N4O5S. The third-order valence-corrected chi connectivity index (χ3v) is 7.30. The van der Waals surface area contributed by atoms with E-state index in [0.29, 0.717) is 22.4 Å². The quantitative estimate of drug-likeness (QED) is 0.360. The molecule has 3 unspecified atom stereocenters. The predicted molar refractivity (Wildman–Crippen MR) is 142 cm³/mol. The fourth-order valence-corrected chi connectivity index (χ4v) is 5.27. The van der Waals surface area contributed by atoms with Crippen molar-refractivity contribution in [2.24, 2.45) is 11.7 Å². The molecule has 0 bridgehead atoms. The number of nitrogens with one attached hydrogen (secondary N) is 1. The summed E-state index contributed by atoms with van der Waals surface area (Å²) in [5, 5.41) is 9.26. The average molecular weight is 525 g/mol. The van der Waals surface area contributed by atoms with Crippen molar-refractivity contribution in [1.29, 1.82) is 0 Å². The van der Waals surface area contributed by atoms with Gasteiger partial charge in [0.25, 0.3) is 0 Å². The lowest BCUT2D eigenvalue weighted by Crippen LogP contribution is -2.33. The van der Waals surface area contributed by atoms with Gasteiger partial charge in [-0.05, 0) is 68.4 Å². The molecule has 1 fully saturated rings. The molecule has 0 radical (unpaired) electrons. The largest absolute Gasteiger partial charge is 0.478 e. The number of nitrogens with zero attached hydrogens (tertiary/aromatic N) is 2. The Morgan fingerprint density at radius 2 is 1.97 bits per heavy atom. The molecule has 4 rings (SSSR count). The van der Waals surface area contributed by atoms with E-state index in [1.165, 1.54) is 12.1 Å². The van der Waals surface area contributed by atoms with E-state index in [1.54, 1.807) is 18.2 Å². The van der Waals surface area contributed by atoms with Crippen LogP contribution in [0.3, 0.4) is 0 Å². The van der Waals surface area contributed by atoms with Gasteiger partial charge in [0.2, 0.25) is 11.8 Å². The Morgan fingerprint density at radius 1 is 1.22 bits per heavy atom. The van der Waals surface area contributed by atoms with Crippen LogP contribution < -0.4 is 15.2 Å². The van der Waals surface area contributed by atoms with Gasteiger partial charge in [0, 0.05) is 30.9 Å². The Morgan fingerprint density at radius 3 is 2.68 bits per heavy atom. The summed E-state index contributed by atoms with van der Waals surface area (Å²) in [6.07, 6.45) is 2.94. The molecule has 10 heteroatoms. The van der Waals surface area contributed by atoms with E-state index in [2.05, 4.69) is 14.7 Å². The Bertz CT molecular complexity index is 1260. The van der Waals surface area contributed by atoms with E-state index in [0.717, 1.165) is 49.2 Å². The van der Waals surface area contributed by atoms with Crippen molar-refractivity contribution in [1.82, 2.24) is 9.97 Å². The first-order chi connectivity index (χ1) is 17.8. The van der Waals surface area contributed by atoms with E-state index < -0.39 is 17.0 Å². The zero-order valence-electron chi connectivity index (χ0n) is 21.0. The van der Waals surface area contributed by atoms with Gasteiger partial charge < -0.3 is 20.3 Å². The summed E-state index contributed by atoms with van der Waals surface area (Å²) >= 11 is 0. The Hall–Kier alpha value is -3.34. The molecule has 0 saturated carbocycles. The van der Waals surface area contributed by atoms with E-state index in [9.17, 15) is 14.1 Å². The average Bonchev–Trinajstić information content (AvgIpc) is 2.88. The van der Waals surface area contributed by atoms with Crippen molar-refractivity contribution in [2.45, 2.75) is 44.0 Å². The number of nitrogens with two attached hydrogens (primary N) is 1. The molecule has 3 aromatic rings. The molecule has 1 aromatic heterocycles. The lowest BCUT2D eigenvalue weighted by atomic mass is 9.95. The van der Waals surface area contributed by atoms with Crippen molar-refractivity contribution in [3.63, 3.8) is 0 Å². The van der Waals surface area contributed by atoms with Gasteiger partial charge in [-0.3, -0.25) is 4.72 Å². The summed E-state index contributed by atoms with van der Waals surface area (Å²) in [5.74, 6) is -0.270. The summed E-state index contributed by atoms with van der Waals surface area (Å²) in [4.78, 5) is 20.6. The van der Waals surface area contributed by atoms with Crippen LogP contribution in [0.4, 0.5) is 5.95 Å². The number of aromatic nitrogens is 2. The number of hydrogen-bond donors (Lipinski definition) is 3. The number of anilines is 1. The Kier molecular flexibility index (Phi) is 8.86. The van der Waals surface area contributed by atoms with Crippen LogP contribution in [0, 0.1) is 19.8 Å². The minimum Gasteiger partial charge on any atom is -0.478 e. The fraction of sp³-hybridized carbons (Fsp3) is 0.370. The molecule has 3 atom stereocenters. The normalized spacial score (nSPS) is 17.1. The Balaban J connectivity index is 1.58. The van der Waals surface area contributed by atoms with Crippen molar-refractivity contribution < 1.29 is 23.6 Å². The van der Waals surface area contributed by atoms with E-state index in [1.807, 2.05) is 32.0 Å². The zero-order chi connectivity index (χ0) is 26.4. The third-order valence-electron chi connectivity index (χ3n) is 6.25. The minimum atomic E-state index is -1.80. The van der Waals surface area contributed by atoms with Crippen LogP contribution in [0.5, 0.6) is 5.88 Å². The van der Waals surface area contributed by atoms with Gasteiger partial charge in [-0.25, -0.2) is 14.0 Å². The topological polar surface area (TPSA) is 137 Å². The fourth-order valence-electron chi connectivity index (χ4n) is 4.46. The van der Waals surface area contributed by atoms with Gasteiger partial charge in [-0.2, -0.15) is 4.98 Å². The van der Waals surface area contributed by atoms with Gasteiger partial charge >= 0.3 is 5.97 Å². The van der Waals surface area contributed by atoms with Gasteiger partial charge in [0.1, 0.15) is 6.61 Å². The van der Waals surface area contributed by atoms with Gasteiger partial charge in [-0.15, -0.1) is 0 Å². The molecule has 0 amide bonds. The molecule has 0 spiro atoms. The standard InChI is InChI=1S/C27H32N4O5S/c1-17-6-3-7-18(2)25(17)23-14-24(36-16-21(28)12-19-8-5-11-35-15-19)30-27(29-23)31-37(34)22-10-4-9-20(13-22)26(32)33/h3-4,6-7,9-10,13-14,19,21H,5,8,11-12,15-16,28H2,1-2H3,(H,32,33)(H,29,30,31). The number of rotatable bonds is 10. The van der Waals surface area contributed by atoms with Gasteiger partial charge in [0.15, 0.2) is 11.0 Å². The maximum absolute atomic E-state index is 13.0. The molecule has 2 heterocycles. The third kappa shape index (κ3) is 7.12. The van der Waals surface area contributed by atoms with Crippen molar-refractivity contribution in [2.75, 3.05) is 24.5 Å². The molecule has 4 N–H and O–H groups in total. The summed E-state index contributed by atoms with van der Waals surface area (Å²) in [5.41, 5.74) is 9.99. The van der Waals surface area contributed by atoms with Crippen molar-refractivity contribution in [3.8, 4) is 17.1 Å². The second-order valence-corrected chi connectivity index (χ2v) is 10.5. The van der Waals surface area contributed by atoms with Crippen LogP contribution in [-0.4, -0.2) is 51.1 Å². The molecular weight excluding hydrogens is 492 g/mol. The molecule has 1 aliphatic heterocycles. The molecule has 196 valence electrons. The lowest BCUT2D eigenvalue weighted by molar-refractivity contribution is 0.0469. The molecule has 2 aromatic carbocycles. The van der Waals surface area contributed by atoms with E-state index in [4.69, 9.17) is 15.2 Å². The second kappa shape index (κ2) is 12.3. The van der Waals surface area contributed by atoms with Crippen LogP contribution in [0.2, 0.25) is 0 Å². The minimum absolute atomic E-state index is 0.0410. The van der Waals surface area contributed by atoms with Gasteiger partial charge in [-0.1, -0.05) is 24.3 Å². The highest BCUT2D eigenvalue weighted by Gasteiger charge is 2.19. The van der Waals surface area contributed by atoms with Crippen LogP contribution in [0.15, 0.2) is 53.4 Å². The number of carbonyl (C=O) groups is 1. The zero-order valence-corrected chi connectivity index (χ0v) is 21.8. The van der Waals surface area contributed by atoms with Crippen LogP contribution in [0.25, 0.3) is 11.3 Å².